The molecule has 2 aromatic rings. The molecule has 6 N–H and O–H groups in total. The largest absolute Gasteiger partial charge is 0.459 e. The lowest BCUT2D eigenvalue weighted by Crippen LogP contribution is -2.60. The number of aliphatic hydroxyl groups is 5. The lowest BCUT2D eigenvalue weighted by molar-refractivity contribution is -0.301. The number of rotatable bonds is 16. The maximum absolute atomic E-state index is 14.6. The smallest absolute Gasteiger partial charge is 0.411 e. The maximum atomic E-state index is 14.6. The number of nitrogens with one attached hydrogen (secondary N) is 1. The van der Waals surface area contributed by atoms with Crippen molar-refractivity contribution in [1.29, 1.82) is 0 Å². The Balaban J connectivity index is 1.38. The minimum Gasteiger partial charge on any atom is -0.459 e. The number of carbonyl (C=O) groups is 2. The maximum Gasteiger partial charge on any atom is 0.411 e. The first-order valence-electron chi connectivity index (χ1n) is 26.1. The van der Waals surface area contributed by atoms with E-state index in [9.17, 15) is 39.5 Å². The van der Waals surface area contributed by atoms with Crippen molar-refractivity contribution in [3.63, 3.8) is 0 Å². The fourth-order valence-corrected chi connectivity index (χ4v) is 11.2. The zero-order chi connectivity index (χ0) is 54.2. The second-order valence-electron chi connectivity index (χ2n) is 21.7. The SMILES string of the molecule is CC[C@H]1OC(=O)[C@H](C)[C@@H](OC[C@H]2C[C@@](C)(OC)[C@@H](O)[C@H](C)O2)[C@H](C)[C@@H](O[C@@H]2O[C@H](C)C[C@H](N(C)CCc3cn(CCOC(=O)Nc4ccccc4F)nn3)[C@H]2O)[C@](C)(O)C[C@@H](C)CN(C)[C@H](C)[C@@H](O)[C@@]1(O)CC. The number of hydrogen-bond donors (Lipinski definition) is 6. The summed E-state index contributed by atoms with van der Waals surface area (Å²) in [6.07, 6.45) is -6.83. The third-order valence-electron chi connectivity index (χ3n) is 15.7. The second kappa shape index (κ2) is 26.1. The molecular formula is C52H87FN6O14. The molecule has 3 aliphatic heterocycles. The number of aliphatic hydroxyl groups excluding tert-OH is 3. The Hall–Kier alpha value is -3.45. The third-order valence-corrected chi connectivity index (χ3v) is 15.7. The van der Waals surface area contributed by atoms with Gasteiger partial charge in [0.15, 0.2) is 6.29 Å². The van der Waals surface area contributed by atoms with Crippen LogP contribution in [-0.2, 0) is 50.9 Å². The lowest BCUT2D eigenvalue weighted by Gasteiger charge is -2.48. The Morgan fingerprint density at radius 2 is 1.73 bits per heavy atom. The van der Waals surface area contributed by atoms with Gasteiger partial charge in [0.1, 0.15) is 42.4 Å². The number of cyclic esters (lactones) is 1. The van der Waals surface area contributed by atoms with E-state index >= 15 is 0 Å². The van der Waals surface area contributed by atoms with Crippen LogP contribution in [0.5, 0.6) is 0 Å². The summed E-state index contributed by atoms with van der Waals surface area (Å²) in [7, 11) is 5.26. The van der Waals surface area contributed by atoms with E-state index in [0.717, 1.165) is 0 Å². The summed E-state index contributed by atoms with van der Waals surface area (Å²) >= 11 is 0. The molecule has 416 valence electrons. The van der Waals surface area contributed by atoms with E-state index < -0.39 is 114 Å². The van der Waals surface area contributed by atoms with Gasteiger partial charge in [-0.15, -0.1) is 5.10 Å². The molecule has 3 aliphatic rings. The van der Waals surface area contributed by atoms with Crippen LogP contribution in [0.15, 0.2) is 30.5 Å². The summed E-state index contributed by atoms with van der Waals surface area (Å²) in [4.78, 5) is 30.7. The number of methoxy groups -OCH3 is 1. The van der Waals surface area contributed by atoms with Crippen molar-refractivity contribution in [3.05, 3.63) is 42.0 Å². The molecule has 0 saturated carbocycles. The van der Waals surface area contributed by atoms with E-state index in [4.69, 9.17) is 33.2 Å². The Morgan fingerprint density at radius 1 is 1.03 bits per heavy atom. The predicted octanol–water partition coefficient (Wildman–Crippen LogP) is 3.93. The number of amides is 1. The first-order chi connectivity index (χ1) is 34.3. The van der Waals surface area contributed by atoms with E-state index in [2.05, 4.69) is 15.6 Å². The Labute approximate surface area is 431 Å². The zero-order valence-electron chi connectivity index (χ0n) is 45.3. The van der Waals surface area contributed by atoms with Crippen molar-refractivity contribution in [2.75, 3.05) is 52.8 Å². The van der Waals surface area contributed by atoms with Crippen LogP contribution in [0.25, 0.3) is 0 Å². The fourth-order valence-electron chi connectivity index (χ4n) is 11.2. The number of benzene rings is 1. The molecule has 0 unspecified atom stereocenters. The fraction of sp³-hybridized carbons (Fsp3) is 0.808. The summed E-state index contributed by atoms with van der Waals surface area (Å²) in [5, 5.41) is 70.8. The molecule has 0 radical (unpaired) electrons. The minimum atomic E-state index is -1.80. The van der Waals surface area contributed by atoms with Gasteiger partial charge in [-0.05, 0) is 99.4 Å². The van der Waals surface area contributed by atoms with Gasteiger partial charge in [-0.3, -0.25) is 10.1 Å². The van der Waals surface area contributed by atoms with Crippen LogP contribution in [0.3, 0.4) is 0 Å². The molecule has 0 aliphatic carbocycles. The monoisotopic (exact) mass is 1040 g/mol. The standard InChI is InChI=1S/C52H87FN6O14/c1-14-41-52(66,15-2)44(61)34(7)58(12)27-30(3)25-50(9,65)46(32(5)43(33(6)47(63)72-41)69-29-37-26-51(10,67-13)45(62)35(8)71-37)73-48-42(60)40(24-31(4)70-48)57(11)21-20-36-28-59(56-55-36)22-23-68-49(64)54-39-19-17-16-18-38(39)53/h16-19,28,30-35,37,40-46,48,60-62,65-66H,14-15,20-27,29H2,1-13H3,(H,54,64)/t30-,31-,32+,33-,34-,35+,37-,40+,41-,42-,43+,44-,45+,46-,48+,50-,51-,52-/m1/s1. The van der Waals surface area contributed by atoms with Gasteiger partial charge < -0.3 is 68.5 Å². The van der Waals surface area contributed by atoms with Crippen molar-refractivity contribution in [3.8, 4) is 0 Å². The molecule has 20 nitrogen and oxygen atoms in total. The summed E-state index contributed by atoms with van der Waals surface area (Å²) in [5.74, 6) is -3.30. The number of nitrogens with zero attached hydrogens (tertiary/aromatic N) is 5. The van der Waals surface area contributed by atoms with Gasteiger partial charge >= 0.3 is 12.1 Å². The molecule has 73 heavy (non-hydrogen) atoms. The van der Waals surface area contributed by atoms with Crippen LogP contribution < -0.4 is 5.32 Å². The normalized spacial score (nSPS) is 38.6. The van der Waals surface area contributed by atoms with Gasteiger partial charge in [0.2, 0.25) is 0 Å². The summed E-state index contributed by atoms with van der Waals surface area (Å²) in [6, 6.07) is 4.73. The van der Waals surface area contributed by atoms with Gasteiger partial charge in [-0.2, -0.15) is 0 Å². The molecule has 18 atom stereocenters. The quantitative estimate of drug-likeness (QED) is 0.130. The van der Waals surface area contributed by atoms with Gasteiger partial charge in [-0.25, -0.2) is 13.9 Å². The highest BCUT2D eigenvalue weighted by Crippen LogP contribution is 2.39. The molecular weight excluding hydrogens is 952 g/mol. The molecule has 0 spiro atoms. The van der Waals surface area contributed by atoms with E-state index in [1.165, 1.54) is 25.3 Å². The van der Waals surface area contributed by atoms with Crippen LogP contribution in [-0.4, -0.2) is 200 Å². The van der Waals surface area contributed by atoms with E-state index in [1.807, 2.05) is 51.6 Å². The van der Waals surface area contributed by atoms with Crippen LogP contribution in [0.2, 0.25) is 0 Å². The first-order valence-corrected chi connectivity index (χ1v) is 26.1. The number of carbonyl (C=O) groups excluding carboxylic acids is 2. The highest BCUT2D eigenvalue weighted by molar-refractivity contribution is 5.84. The molecule has 1 aromatic carbocycles. The Kier molecular flexibility index (Phi) is 21.6. The number of para-hydroxylation sites is 1. The van der Waals surface area contributed by atoms with E-state index in [0.29, 0.717) is 31.6 Å². The molecule has 1 aromatic heterocycles. The molecule has 1 amide bonds. The first kappa shape index (κ1) is 60.4. The number of aromatic nitrogens is 3. The van der Waals surface area contributed by atoms with E-state index in [-0.39, 0.29) is 63.2 Å². The zero-order valence-corrected chi connectivity index (χ0v) is 45.3. The number of likely N-dealkylation sites (N-methyl/N-ethyl adjacent to an activating group) is 2. The molecule has 0 bridgehead atoms. The van der Waals surface area contributed by atoms with Crippen molar-refractivity contribution in [2.24, 2.45) is 17.8 Å². The highest BCUT2D eigenvalue weighted by Gasteiger charge is 2.52. The number of hydrogen-bond acceptors (Lipinski definition) is 18. The molecule has 3 saturated heterocycles. The summed E-state index contributed by atoms with van der Waals surface area (Å²) in [6.45, 7) is 18.9. The number of esters is 1. The molecule has 4 heterocycles. The van der Waals surface area contributed by atoms with Crippen LogP contribution >= 0.6 is 0 Å². The van der Waals surface area contributed by atoms with Crippen LogP contribution in [0.4, 0.5) is 14.9 Å². The van der Waals surface area contributed by atoms with Crippen molar-refractivity contribution in [1.82, 2.24) is 24.8 Å². The average Bonchev–Trinajstić information content (AvgIpc) is 3.80. The predicted molar refractivity (Wildman–Crippen MR) is 268 cm³/mol. The van der Waals surface area contributed by atoms with E-state index in [1.54, 1.807) is 58.5 Å². The van der Waals surface area contributed by atoms with Crippen LogP contribution in [0, 0.1) is 23.6 Å². The van der Waals surface area contributed by atoms with Gasteiger partial charge in [0, 0.05) is 57.2 Å². The lowest BCUT2D eigenvalue weighted by atomic mass is 9.77. The van der Waals surface area contributed by atoms with Crippen molar-refractivity contribution in [2.45, 2.75) is 204 Å². The number of anilines is 1. The number of halogens is 1. The molecule has 3 fully saturated rings. The van der Waals surface area contributed by atoms with Crippen molar-refractivity contribution < 1.29 is 72.7 Å². The number of ether oxygens (including phenoxy) is 7. The third kappa shape index (κ3) is 14.9. The Bertz CT molecular complexity index is 2060. The minimum absolute atomic E-state index is 0.00914. The topological polar surface area (TPSA) is 249 Å². The molecule has 5 rings (SSSR count). The second-order valence-corrected chi connectivity index (χ2v) is 21.7. The Morgan fingerprint density at radius 3 is 2.38 bits per heavy atom. The van der Waals surface area contributed by atoms with Gasteiger partial charge in [0.25, 0.3) is 0 Å². The van der Waals surface area contributed by atoms with Gasteiger partial charge in [0.05, 0.1) is 72.2 Å². The van der Waals surface area contributed by atoms with Gasteiger partial charge in [-0.1, -0.05) is 45.0 Å². The highest BCUT2D eigenvalue weighted by atomic mass is 19.1. The van der Waals surface area contributed by atoms with Crippen molar-refractivity contribution >= 4 is 17.7 Å². The summed E-state index contributed by atoms with van der Waals surface area (Å²) < 4.78 is 59.0. The summed E-state index contributed by atoms with van der Waals surface area (Å²) in [5.41, 5.74) is -3.71. The molecule has 21 heteroatoms. The average molecular weight is 1040 g/mol. The van der Waals surface area contributed by atoms with Crippen LogP contribution in [0.1, 0.15) is 107 Å².